The zero-order valence-electron chi connectivity index (χ0n) is 14.1. The van der Waals surface area contributed by atoms with Gasteiger partial charge in [-0.3, -0.25) is 9.10 Å². The van der Waals surface area contributed by atoms with Crippen LogP contribution >= 0.6 is 0 Å². The molecule has 2 aliphatic heterocycles. The fourth-order valence-corrected chi connectivity index (χ4v) is 4.63. The first-order valence-electron chi connectivity index (χ1n) is 8.43. The summed E-state index contributed by atoms with van der Waals surface area (Å²) < 4.78 is 25.2. The van der Waals surface area contributed by atoms with Crippen molar-refractivity contribution in [1.29, 1.82) is 0 Å². The van der Waals surface area contributed by atoms with Crippen molar-refractivity contribution in [1.82, 2.24) is 4.90 Å². The molecule has 0 unspecified atom stereocenters. The molecule has 1 N–H and O–H groups in total. The lowest BCUT2D eigenvalue weighted by molar-refractivity contribution is -0.143. The van der Waals surface area contributed by atoms with E-state index in [9.17, 15) is 23.1 Å². The molecule has 2 heterocycles. The van der Waals surface area contributed by atoms with Gasteiger partial charge in [-0.2, -0.15) is 0 Å². The fraction of sp³-hybridized carbons (Fsp3) is 0.529. The number of fused-ring (bicyclic) bond motifs is 1. The van der Waals surface area contributed by atoms with Crippen molar-refractivity contribution in [2.24, 2.45) is 0 Å². The Hall–Kier alpha value is -2.09. The van der Waals surface area contributed by atoms with Crippen molar-refractivity contribution in [3.8, 4) is 0 Å². The summed E-state index contributed by atoms with van der Waals surface area (Å²) in [6, 6.07) is 4.17. The standard InChI is InChI=1S/C17H22N2O5S/c1-25(23,24)19-10-4-5-12-11-13(7-8-14(12)19)16(20)18-9-3-2-6-15(18)17(21)22/h7-8,11,15H,2-6,9-10H2,1H3,(H,21,22)/t15-/m1/s1. The van der Waals surface area contributed by atoms with Crippen molar-refractivity contribution in [2.75, 3.05) is 23.7 Å². The van der Waals surface area contributed by atoms with Crippen LogP contribution in [-0.4, -0.2) is 55.7 Å². The summed E-state index contributed by atoms with van der Waals surface area (Å²) in [6.45, 7) is 0.870. The first-order valence-corrected chi connectivity index (χ1v) is 10.3. The molecule has 1 fully saturated rings. The number of aryl methyl sites for hydroxylation is 1. The molecule has 8 heteroatoms. The van der Waals surface area contributed by atoms with E-state index in [-0.39, 0.29) is 5.91 Å². The number of carbonyl (C=O) groups is 2. The minimum atomic E-state index is -3.35. The molecule has 1 atom stereocenters. The van der Waals surface area contributed by atoms with Crippen LogP contribution in [0.15, 0.2) is 18.2 Å². The predicted octanol–water partition coefficient (Wildman–Crippen LogP) is 1.48. The second-order valence-corrected chi connectivity index (χ2v) is 8.54. The molecule has 136 valence electrons. The van der Waals surface area contributed by atoms with E-state index in [1.165, 1.54) is 15.5 Å². The van der Waals surface area contributed by atoms with Crippen LogP contribution in [-0.2, 0) is 21.2 Å². The molecular weight excluding hydrogens is 344 g/mol. The van der Waals surface area contributed by atoms with Gasteiger partial charge in [0.25, 0.3) is 5.91 Å². The Morgan fingerprint density at radius 2 is 1.92 bits per heavy atom. The van der Waals surface area contributed by atoms with Crippen molar-refractivity contribution in [3.05, 3.63) is 29.3 Å². The van der Waals surface area contributed by atoms with Crippen molar-refractivity contribution in [3.63, 3.8) is 0 Å². The Morgan fingerprint density at radius 1 is 1.16 bits per heavy atom. The maximum Gasteiger partial charge on any atom is 0.326 e. The summed E-state index contributed by atoms with van der Waals surface area (Å²) in [5.74, 6) is -1.28. The fourth-order valence-electron chi connectivity index (χ4n) is 3.64. The van der Waals surface area contributed by atoms with Crippen LogP contribution in [0.25, 0.3) is 0 Å². The van der Waals surface area contributed by atoms with Gasteiger partial charge < -0.3 is 10.0 Å². The minimum Gasteiger partial charge on any atom is -0.480 e. The molecule has 1 amide bonds. The number of likely N-dealkylation sites (tertiary alicyclic amines) is 1. The largest absolute Gasteiger partial charge is 0.480 e. The van der Waals surface area contributed by atoms with Gasteiger partial charge in [0, 0.05) is 18.7 Å². The number of piperidine rings is 1. The number of carbonyl (C=O) groups excluding carboxylic acids is 1. The summed E-state index contributed by atoms with van der Waals surface area (Å²) in [6.07, 6.45) is 4.63. The Labute approximate surface area is 147 Å². The van der Waals surface area contributed by atoms with Gasteiger partial charge in [0.15, 0.2) is 0 Å². The molecule has 0 bridgehead atoms. The van der Waals surface area contributed by atoms with Crippen molar-refractivity contribution < 1.29 is 23.1 Å². The van der Waals surface area contributed by atoms with Crippen molar-refractivity contribution >= 4 is 27.6 Å². The highest BCUT2D eigenvalue weighted by Gasteiger charge is 2.33. The Bertz CT molecular complexity index is 805. The quantitative estimate of drug-likeness (QED) is 0.874. The predicted molar refractivity (Wildman–Crippen MR) is 93.3 cm³/mol. The molecule has 0 radical (unpaired) electrons. The van der Waals surface area contributed by atoms with Gasteiger partial charge in [-0.15, -0.1) is 0 Å². The van der Waals surface area contributed by atoms with E-state index in [1.54, 1.807) is 18.2 Å². The average Bonchev–Trinajstić information content (AvgIpc) is 2.59. The van der Waals surface area contributed by atoms with Gasteiger partial charge >= 0.3 is 5.97 Å². The average molecular weight is 366 g/mol. The van der Waals surface area contributed by atoms with E-state index < -0.39 is 22.0 Å². The topological polar surface area (TPSA) is 95.0 Å². The number of nitrogens with zero attached hydrogens (tertiary/aromatic N) is 2. The molecule has 1 saturated heterocycles. The van der Waals surface area contributed by atoms with E-state index in [1.807, 2.05) is 0 Å². The number of carboxylic acids is 1. The Kier molecular flexibility index (Phi) is 4.73. The molecule has 1 aromatic carbocycles. The van der Waals surface area contributed by atoms with Crippen LogP contribution in [0.5, 0.6) is 0 Å². The second kappa shape index (κ2) is 6.67. The van der Waals surface area contributed by atoms with Gasteiger partial charge in [-0.25, -0.2) is 13.2 Å². The van der Waals surface area contributed by atoms with E-state index >= 15 is 0 Å². The number of amides is 1. The third-order valence-corrected chi connectivity index (χ3v) is 6.03. The Balaban J connectivity index is 1.91. The third kappa shape index (κ3) is 3.49. The molecule has 7 nitrogen and oxygen atoms in total. The van der Waals surface area contributed by atoms with E-state index in [4.69, 9.17) is 0 Å². The smallest absolute Gasteiger partial charge is 0.326 e. The number of rotatable bonds is 3. The van der Waals surface area contributed by atoms with Gasteiger partial charge in [-0.1, -0.05) is 0 Å². The first-order chi connectivity index (χ1) is 11.8. The van der Waals surface area contributed by atoms with Crippen LogP contribution < -0.4 is 4.31 Å². The number of sulfonamides is 1. The number of anilines is 1. The summed E-state index contributed by atoms with van der Waals surface area (Å²) in [5.41, 5.74) is 1.84. The maximum absolute atomic E-state index is 12.8. The molecule has 3 rings (SSSR count). The summed E-state index contributed by atoms with van der Waals surface area (Å²) in [5, 5.41) is 9.35. The number of hydrogen-bond donors (Lipinski definition) is 1. The SMILES string of the molecule is CS(=O)(=O)N1CCCc2cc(C(=O)N3CCCC[C@@H]3C(=O)O)ccc21. The zero-order valence-corrected chi connectivity index (χ0v) is 15.0. The summed E-state index contributed by atoms with van der Waals surface area (Å²) >= 11 is 0. The molecule has 0 aromatic heterocycles. The van der Waals surface area contributed by atoms with Crippen LogP contribution in [0.4, 0.5) is 5.69 Å². The van der Waals surface area contributed by atoms with Crippen LogP contribution in [0.1, 0.15) is 41.6 Å². The maximum atomic E-state index is 12.8. The molecule has 0 aliphatic carbocycles. The van der Waals surface area contributed by atoms with E-state index in [0.717, 1.165) is 18.4 Å². The number of hydrogen-bond acceptors (Lipinski definition) is 4. The lowest BCUT2D eigenvalue weighted by Crippen LogP contribution is -2.48. The number of carboxylic acid groups (broad SMARTS) is 1. The normalized spacial score (nSPS) is 20.9. The first kappa shape index (κ1) is 17.7. The van der Waals surface area contributed by atoms with Crippen molar-refractivity contribution in [2.45, 2.75) is 38.1 Å². The lowest BCUT2D eigenvalue weighted by atomic mass is 9.98. The highest BCUT2D eigenvalue weighted by Crippen LogP contribution is 2.31. The summed E-state index contributed by atoms with van der Waals surface area (Å²) in [7, 11) is -3.35. The highest BCUT2D eigenvalue weighted by molar-refractivity contribution is 7.92. The molecular formula is C17H22N2O5S. The third-order valence-electron chi connectivity index (χ3n) is 4.85. The number of benzene rings is 1. The van der Waals surface area contributed by atoms with E-state index in [2.05, 4.69) is 0 Å². The highest BCUT2D eigenvalue weighted by atomic mass is 32.2. The van der Waals surface area contributed by atoms with Gasteiger partial charge in [-0.05, 0) is 55.9 Å². The van der Waals surface area contributed by atoms with Crippen LogP contribution in [0, 0.1) is 0 Å². The molecule has 25 heavy (non-hydrogen) atoms. The van der Waals surface area contributed by atoms with E-state index in [0.29, 0.717) is 43.6 Å². The summed E-state index contributed by atoms with van der Waals surface area (Å²) in [4.78, 5) is 25.7. The van der Waals surface area contributed by atoms with Gasteiger partial charge in [0.05, 0.1) is 11.9 Å². The molecule has 0 spiro atoms. The Morgan fingerprint density at radius 3 is 2.60 bits per heavy atom. The monoisotopic (exact) mass is 366 g/mol. The van der Waals surface area contributed by atoms with Crippen LogP contribution in [0.2, 0.25) is 0 Å². The number of aliphatic carboxylic acids is 1. The zero-order chi connectivity index (χ0) is 18.2. The molecule has 0 saturated carbocycles. The second-order valence-electron chi connectivity index (χ2n) is 6.63. The van der Waals surface area contributed by atoms with Gasteiger partial charge in [0.1, 0.15) is 6.04 Å². The van der Waals surface area contributed by atoms with Gasteiger partial charge in [0.2, 0.25) is 10.0 Å². The minimum absolute atomic E-state index is 0.300. The lowest BCUT2D eigenvalue weighted by Gasteiger charge is -2.34. The van der Waals surface area contributed by atoms with Crippen LogP contribution in [0.3, 0.4) is 0 Å². The molecule has 1 aromatic rings. The molecule has 2 aliphatic rings.